The first-order chi connectivity index (χ1) is 7.27. The first-order valence-corrected chi connectivity index (χ1v) is 7.00. The molecule has 0 radical (unpaired) electrons. The molecule has 0 amide bonds. The first-order valence-electron chi connectivity index (χ1n) is 5.96. The molecule has 2 atom stereocenters. The third-order valence-corrected chi connectivity index (χ3v) is 4.00. The van der Waals surface area contributed by atoms with E-state index in [4.69, 9.17) is 5.73 Å². The maximum absolute atomic E-state index is 5.83. The van der Waals surface area contributed by atoms with Gasteiger partial charge < -0.3 is 11.1 Å². The number of nitrogens with two attached hydrogens (primary N) is 1. The van der Waals surface area contributed by atoms with Gasteiger partial charge in [-0.2, -0.15) is 11.8 Å². The molecule has 2 unspecified atom stereocenters. The highest BCUT2D eigenvalue weighted by atomic mass is 32.2. The number of nitrogens with one attached hydrogen (secondary N) is 1. The van der Waals surface area contributed by atoms with Crippen molar-refractivity contribution in [1.82, 2.24) is 5.32 Å². The average molecular weight is 229 g/mol. The largest absolute Gasteiger partial charge is 0.370 e. The van der Waals surface area contributed by atoms with Gasteiger partial charge in [0.2, 0.25) is 0 Å². The van der Waals surface area contributed by atoms with Gasteiger partial charge in [-0.05, 0) is 25.0 Å². The fourth-order valence-electron chi connectivity index (χ4n) is 1.97. The molecule has 3 nitrogen and oxygen atoms in total. The molecule has 15 heavy (non-hydrogen) atoms. The Morgan fingerprint density at radius 1 is 1.47 bits per heavy atom. The molecule has 4 heteroatoms. The molecule has 1 aliphatic carbocycles. The highest BCUT2D eigenvalue weighted by Crippen LogP contribution is 2.29. The lowest BCUT2D eigenvalue weighted by Gasteiger charge is -2.20. The molecule has 0 heterocycles. The highest BCUT2D eigenvalue weighted by Gasteiger charge is 2.27. The second-order valence-corrected chi connectivity index (χ2v) is 5.46. The molecule has 1 saturated carbocycles. The molecule has 3 N–H and O–H groups in total. The Kier molecular flexibility index (Phi) is 5.91. The molecule has 1 fully saturated rings. The van der Waals surface area contributed by atoms with Crippen LogP contribution >= 0.6 is 11.8 Å². The lowest BCUT2D eigenvalue weighted by atomic mass is 10.2. The topological polar surface area (TPSA) is 50.4 Å². The molecule has 0 aromatic rings. The second kappa shape index (κ2) is 6.99. The van der Waals surface area contributed by atoms with Crippen LogP contribution in [0, 0.1) is 0 Å². The summed E-state index contributed by atoms with van der Waals surface area (Å²) in [4.78, 5) is 4.27. The minimum absolute atomic E-state index is 0.538. The van der Waals surface area contributed by atoms with Gasteiger partial charge in [-0.25, -0.2) is 0 Å². The van der Waals surface area contributed by atoms with Gasteiger partial charge >= 0.3 is 0 Å². The highest BCUT2D eigenvalue weighted by molar-refractivity contribution is 7.99. The van der Waals surface area contributed by atoms with Crippen LogP contribution in [0.25, 0.3) is 0 Å². The van der Waals surface area contributed by atoms with Gasteiger partial charge in [0.1, 0.15) is 0 Å². The van der Waals surface area contributed by atoms with Crippen molar-refractivity contribution in [3.8, 4) is 0 Å². The lowest BCUT2D eigenvalue weighted by Crippen LogP contribution is -2.43. The normalized spacial score (nSPS) is 26.9. The zero-order valence-electron chi connectivity index (χ0n) is 9.83. The van der Waals surface area contributed by atoms with E-state index in [1.807, 2.05) is 11.8 Å². The van der Waals surface area contributed by atoms with Crippen LogP contribution in [0.4, 0.5) is 0 Å². The van der Waals surface area contributed by atoms with E-state index in [-0.39, 0.29) is 0 Å². The van der Waals surface area contributed by atoms with Crippen molar-refractivity contribution >= 4 is 17.7 Å². The minimum Gasteiger partial charge on any atom is -0.370 e. The number of hydrogen-bond acceptors (Lipinski definition) is 2. The van der Waals surface area contributed by atoms with E-state index in [0.29, 0.717) is 12.0 Å². The summed E-state index contributed by atoms with van der Waals surface area (Å²) >= 11 is 2.04. The number of guanidine groups is 1. The maximum atomic E-state index is 5.83. The Morgan fingerprint density at radius 2 is 2.27 bits per heavy atom. The van der Waals surface area contributed by atoms with Crippen molar-refractivity contribution in [3.05, 3.63) is 0 Å². The molecular weight excluding hydrogens is 206 g/mol. The van der Waals surface area contributed by atoms with Crippen molar-refractivity contribution < 1.29 is 0 Å². The van der Waals surface area contributed by atoms with E-state index < -0.39 is 0 Å². The van der Waals surface area contributed by atoms with E-state index in [2.05, 4.69) is 24.2 Å². The van der Waals surface area contributed by atoms with Crippen LogP contribution in [-0.4, -0.2) is 29.5 Å². The quantitative estimate of drug-likeness (QED) is 0.560. The van der Waals surface area contributed by atoms with Crippen molar-refractivity contribution in [2.75, 3.05) is 12.3 Å². The summed E-state index contributed by atoms with van der Waals surface area (Å²) in [5, 5.41) is 4.08. The zero-order valence-corrected chi connectivity index (χ0v) is 10.6. The standard InChI is InChI=1S/C11H23N3S/c1-3-8-13-11(12)14-9-6-5-7-10(9)15-4-2/h9-10H,3-8H2,1-2H3,(H3,12,13,14). The van der Waals surface area contributed by atoms with Crippen LogP contribution in [0.15, 0.2) is 4.99 Å². The number of thioether (sulfide) groups is 1. The van der Waals surface area contributed by atoms with Crippen LogP contribution < -0.4 is 11.1 Å². The van der Waals surface area contributed by atoms with Crippen LogP contribution in [0.5, 0.6) is 0 Å². The van der Waals surface area contributed by atoms with Crippen molar-refractivity contribution in [1.29, 1.82) is 0 Å². The van der Waals surface area contributed by atoms with Gasteiger partial charge in [0.05, 0.1) is 0 Å². The molecule has 0 aromatic carbocycles. The molecule has 1 aliphatic rings. The predicted octanol–water partition coefficient (Wildman–Crippen LogP) is 1.97. The molecule has 0 aliphatic heterocycles. The second-order valence-electron chi connectivity index (χ2n) is 3.94. The van der Waals surface area contributed by atoms with Gasteiger partial charge in [-0.1, -0.05) is 20.3 Å². The smallest absolute Gasteiger partial charge is 0.188 e. The summed E-state index contributed by atoms with van der Waals surface area (Å²) in [5.41, 5.74) is 5.83. The number of hydrogen-bond donors (Lipinski definition) is 2. The minimum atomic E-state index is 0.538. The maximum Gasteiger partial charge on any atom is 0.188 e. The summed E-state index contributed by atoms with van der Waals surface area (Å²) in [6.07, 6.45) is 4.92. The van der Waals surface area contributed by atoms with Crippen LogP contribution in [-0.2, 0) is 0 Å². The van der Waals surface area contributed by atoms with E-state index in [1.165, 1.54) is 25.0 Å². The van der Waals surface area contributed by atoms with Crippen LogP contribution in [0.1, 0.15) is 39.5 Å². The number of aliphatic imine (C=N–C) groups is 1. The molecule has 0 bridgehead atoms. The average Bonchev–Trinajstić information content (AvgIpc) is 2.63. The van der Waals surface area contributed by atoms with Gasteiger partial charge in [0, 0.05) is 17.8 Å². The van der Waals surface area contributed by atoms with Gasteiger partial charge in [0.15, 0.2) is 5.96 Å². The monoisotopic (exact) mass is 229 g/mol. The molecule has 88 valence electrons. The Hall–Kier alpha value is -0.380. The Labute approximate surface area is 97.3 Å². The molecule has 1 rings (SSSR count). The number of nitrogens with zero attached hydrogens (tertiary/aromatic N) is 1. The Morgan fingerprint density at radius 3 is 2.93 bits per heavy atom. The fourth-order valence-corrected chi connectivity index (χ4v) is 3.17. The molecular formula is C11H23N3S. The molecule has 0 saturated heterocycles. The SMILES string of the molecule is CCCN=C(N)NC1CCCC1SCC. The van der Waals surface area contributed by atoms with E-state index in [1.54, 1.807) is 0 Å². The molecule has 0 aromatic heterocycles. The lowest BCUT2D eigenvalue weighted by molar-refractivity contribution is 0.635. The van der Waals surface area contributed by atoms with E-state index >= 15 is 0 Å². The predicted molar refractivity (Wildman–Crippen MR) is 69.5 cm³/mol. The zero-order chi connectivity index (χ0) is 11.1. The third-order valence-electron chi connectivity index (χ3n) is 2.67. The van der Waals surface area contributed by atoms with Gasteiger partial charge in [-0.3, -0.25) is 4.99 Å². The summed E-state index contributed by atoms with van der Waals surface area (Å²) in [6.45, 7) is 5.16. The first kappa shape index (κ1) is 12.7. The van der Waals surface area contributed by atoms with E-state index in [0.717, 1.165) is 18.2 Å². The van der Waals surface area contributed by atoms with Crippen molar-refractivity contribution in [2.45, 2.75) is 50.8 Å². The van der Waals surface area contributed by atoms with Gasteiger partial charge in [0.25, 0.3) is 0 Å². The summed E-state index contributed by atoms with van der Waals surface area (Å²) < 4.78 is 0. The summed E-state index contributed by atoms with van der Waals surface area (Å²) in [5.74, 6) is 1.82. The van der Waals surface area contributed by atoms with Crippen LogP contribution in [0.3, 0.4) is 0 Å². The number of rotatable bonds is 5. The molecule has 0 spiro atoms. The van der Waals surface area contributed by atoms with Gasteiger partial charge in [-0.15, -0.1) is 0 Å². The summed E-state index contributed by atoms with van der Waals surface area (Å²) in [6, 6.07) is 0.538. The third kappa shape index (κ3) is 4.33. The Balaban J connectivity index is 2.35. The summed E-state index contributed by atoms with van der Waals surface area (Å²) in [7, 11) is 0. The van der Waals surface area contributed by atoms with Crippen molar-refractivity contribution in [2.24, 2.45) is 10.7 Å². The van der Waals surface area contributed by atoms with E-state index in [9.17, 15) is 0 Å². The van der Waals surface area contributed by atoms with Crippen LogP contribution in [0.2, 0.25) is 0 Å². The Bertz CT molecular complexity index is 206. The van der Waals surface area contributed by atoms with Crippen molar-refractivity contribution in [3.63, 3.8) is 0 Å². The fraction of sp³-hybridized carbons (Fsp3) is 0.909.